The smallest absolute Gasteiger partial charge is 0.294 e. The van der Waals surface area contributed by atoms with E-state index < -0.39 is 10.5 Å². The number of hydrogen-bond donors (Lipinski definition) is 1. The second-order valence-electron chi connectivity index (χ2n) is 3.09. The molecule has 1 N–H and O–H groups in total. The molecule has 0 bridgehead atoms. The minimum absolute atomic E-state index is 0.0000945. The topological polar surface area (TPSA) is 76.0 Å². The number of pyridine rings is 1. The van der Waals surface area contributed by atoms with Crippen LogP contribution in [0.5, 0.6) is 0 Å². The molecule has 0 aliphatic rings. The largest absolute Gasteiger partial charge is 0.315 e. The fraction of sp³-hybridized carbons (Fsp3) is 0. The lowest BCUT2D eigenvalue weighted by Gasteiger charge is -2.01. The molecule has 0 saturated carbocycles. The molecule has 0 radical (unpaired) electrons. The number of H-pyrrole nitrogens is 1. The normalized spacial score (nSPS) is 10.6. The van der Waals surface area contributed by atoms with E-state index in [-0.39, 0.29) is 16.2 Å². The molecule has 0 aliphatic heterocycles. The summed E-state index contributed by atoms with van der Waals surface area (Å²) < 4.78 is 0.551. The predicted octanol–water partition coefficient (Wildman–Crippen LogP) is 2.85. The summed E-state index contributed by atoms with van der Waals surface area (Å²) in [6.07, 6.45) is 0. The van der Waals surface area contributed by atoms with Gasteiger partial charge in [-0.15, -0.1) is 0 Å². The third-order valence-corrected chi connectivity index (χ3v) is 2.79. The number of nitro groups is 1. The average Bonchev–Trinajstić information content (AvgIpc) is 2.19. The third-order valence-electron chi connectivity index (χ3n) is 2.05. The van der Waals surface area contributed by atoms with Crippen molar-refractivity contribution in [2.75, 3.05) is 0 Å². The van der Waals surface area contributed by atoms with E-state index in [1.54, 1.807) is 6.07 Å². The minimum atomic E-state index is -0.559. The van der Waals surface area contributed by atoms with E-state index in [0.717, 1.165) is 0 Å². The number of halogens is 2. The number of aromatic nitrogens is 1. The van der Waals surface area contributed by atoms with Crippen LogP contribution in [0.2, 0.25) is 5.02 Å². The molecule has 1 aromatic carbocycles. The fourth-order valence-corrected chi connectivity index (χ4v) is 2.01. The third kappa shape index (κ3) is 1.81. The molecule has 0 amide bonds. The highest BCUT2D eigenvalue weighted by molar-refractivity contribution is 9.10. The van der Waals surface area contributed by atoms with Crippen molar-refractivity contribution >= 4 is 44.1 Å². The van der Waals surface area contributed by atoms with Crippen LogP contribution in [-0.4, -0.2) is 9.91 Å². The summed E-state index contributed by atoms with van der Waals surface area (Å²) in [6.45, 7) is 0. The molecular weight excluding hydrogens is 299 g/mol. The van der Waals surface area contributed by atoms with Gasteiger partial charge in [0.2, 0.25) is 0 Å². The lowest BCUT2D eigenvalue weighted by molar-refractivity contribution is -0.383. The molecule has 0 spiro atoms. The maximum atomic E-state index is 11.3. The summed E-state index contributed by atoms with van der Waals surface area (Å²) in [5.41, 5.74) is -0.541. The molecule has 0 unspecified atom stereocenters. The molecule has 1 aromatic heterocycles. The molecule has 2 rings (SSSR count). The van der Waals surface area contributed by atoms with E-state index in [0.29, 0.717) is 9.86 Å². The monoisotopic (exact) mass is 302 g/mol. The summed E-state index contributed by atoms with van der Waals surface area (Å²) in [7, 11) is 0. The molecule has 0 aliphatic carbocycles. The Labute approximate surface area is 102 Å². The van der Waals surface area contributed by atoms with E-state index in [2.05, 4.69) is 20.9 Å². The second kappa shape index (κ2) is 3.88. The van der Waals surface area contributed by atoms with Gasteiger partial charge in [0.1, 0.15) is 10.5 Å². The van der Waals surface area contributed by atoms with E-state index in [9.17, 15) is 14.9 Å². The van der Waals surface area contributed by atoms with Gasteiger partial charge in [0.25, 0.3) is 11.2 Å². The Balaban J connectivity index is 2.96. The average molecular weight is 303 g/mol. The van der Waals surface area contributed by atoms with Crippen molar-refractivity contribution < 1.29 is 4.92 Å². The van der Waals surface area contributed by atoms with Gasteiger partial charge in [-0.3, -0.25) is 14.9 Å². The van der Waals surface area contributed by atoms with Crippen LogP contribution in [0.3, 0.4) is 0 Å². The number of nitrogens with one attached hydrogen (secondary N) is 1. The maximum absolute atomic E-state index is 11.3. The molecule has 1 heterocycles. The summed E-state index contributed by atoms with van der Waals surface area (Å²) in [4.78, 5) is 23.9. The maximum Gasteiger partial charge on any atom is 0.294 e. The first-order valence-corrected chi connectivity index (χ1v) is 5.32. The standard InChI is InChI=1S/C9H4BrClN2O3/c10-5-1-4-2-6(11)9(14)12-8(4)7(3-5)13(15)16/h1-3H,(H,12,14). The van der Waals surface area contributed by atoms with E-state index in [1.807, 2.05) is 0 Å². The lowest BCUT2D eigenvalue weighted by Crippen LogP contribution is -2.06. The molecule has 0 fully saturated rings. The molecule has 7 heteroatoms. The number of non-ortho nitro benzene ring substituents is 1. The molecule has 5 nitrogen and oxygen atoms in total. The zero-order chi connectivity index (χ0) is 11.9. The van der Waals surface area contributed by atoms with Gasteiger partial charge in [-0.05, 0) is 12.1 Å². The number of nitro benzene ring substituents is 1. The number of nitrogens with zero attached hydrogens (tertiary/aromatic N) is 1. The van der Waals surface area contributed by atoms with Crippen LogP contribution in [0.4, 0.5) is 5.69 Å². The first kappa shape index (κ1) is 11.1. The van der Waals surface area contributed by atoms with Gasteiger partial charge in [-0.1, -0.05) is 27.5 Å². The van der Waals surface area contributed by atoms with Crippen LogP contribution in [0.1, 0.15) is 0 Å². The molecule has 0 atom stereocenters. The van der Waals surface area contributed by atoms with Gasteiger partial charge in [0, 0.05) is 15.9 Å². The first-order valence-electron chi connectivity index (χ1n) is 4.15. The minimum Gasteiger partial charge on any atom is -0.315 e. The van der Waals surface area contributed by atoms with Crippen molar-refractivity contribution in [3.05, 3.63) is 48.2 Å². The number of aromatic amines is 1. The Kier molecular flexibility index (Phi) is 2.69. The van der Waals surface area contributed by atoms with E-state index >= 15 is 0 Å². The highest BCUT2D eigenvalue weighted by Gasteiger charge is 2.15. The van der Waals surface area contributed by atoms with Crippen LogP contribution in [0.25, 0.3) is 10.9 Å². The zero-order valence-electron chi connectivity index (χ0n) is 7.66. The van der Waals surface area contributed by atoms with Crippen molar-refractivity contribution in [3.63, 3.8) is 0 Å². The Morgan fingerprint density at radius 1 is 1.38 bits per heavy atom. The van der Waals surface area contributed by atoms with Gasteiger partial charge in [0.05, 0.1) is 4.92 Å². The lowest BCUT2D eigenvalue weighted by atomic mass is 10.2. The quantitative estimate of drug-likeness (QED) is 0.650. The van der Waals surface area contributed by atoms with Gasteiger partial charge >= 0.3 is 0 Å². The summed E-state index contributed by atoms with van der Waals surface area (Å²) in [6, 6.07) is 4.36. The highest BCUT2D eigenvalue weighted by atomic mass is 79.9. The van der Waals surface area contributed by atoms with Gasteiger partial charge in [0.15, 0.2) is 0 Å². The molecule has 82 valence electrons. The van der Waals surface area contributed by atoms with Crippen molar-refractivity contribution in [1.82, 2.24) is 4.98 Å². The SMILES string of the molecule is O=c1[nH]c2c([N+](=O)[O-])cc(Br)cc2cc1Cl. The first-order chi connectivity index (χ1) is 7.49. The number of hydrogen-bond acceptors (Lipinski definition) is 3. The fourth-order valence-electron chi connectivity index (χ4n) is 1.38. The Hall–Kier alpha value is -1.40. The van der Waals surface area contributed by atoms with Gasteiger partial charge < -0.3 is 4.98 Å². The summed E-state index contributed by atoms with van der Waals surface area (Å²) in [5.74, 6) is 0. The van der Waals surface area contributed by atoms with E-state index in [4.69, 9.17) is 11.6 Å². The Morgan fingerprint density at radius 3 is 2.69 bits per heavy atom. The van der Waals surface area contributed by atoms with Crippen LogP contribution >= 0.6 is 27.5 Å². The van der Waals surface area contributed by atoms with Crippen LogP contribution in [0.15, 0.2) is 27.5 Å². The van der Waals surface area contributed by atoms with Gasteiger partial charge in [-0.25, -0.2) is 0 Å². The Morgan fingerprint density at radius 2 is 2.06 bits per heavy atom. The summed E-state index contributed by atoms with van der Waals surface area (Å²) >= 11 is 8.80. The van der Waals surface area contributed by atoms with Crippen LogP contribution in [0, 0.1) is 10.1 Å². The van der Waals surface area contributed by atoms with Crippen LogP contribution in [-0.2, 0) is 0 Å². The number of benzene rings is 1. The van der Waals surface area contributed by atoms with Gasteiger partial charge in [-0.2, -0.15) is 0 Å². The summed E-state index contributed by atoms with van der Waals surface area (Å²) in [5, 5.41) is 11.3. The second-order valence-corrected chi connectivity index (χ2v) is 4.42. The highest BCUT2D eigenvalue weighted by Crippen LogP contribution is 2.28. The van der Waals surface area contributed by atoms with Crippen molar-refractivity contribution in [2.45, 2.75) is 0 Å². The number of rotatable bonds is 1. The molecule has 2 aromatic rings. The van der Waals surface area contributed by atoms with Crippen LogP contribution < -0.4 is 5.56 Å². The Bertz CT molecular complexity index is 653. The van der Waals surface area contributed by atoms with Crippen molar-refractivity contribution in [1.29, 1.82) is 0 Å². The molecule has 0 saturated heterocycles. The van der Waals surface area contributed by atoms with Crippen molar-refractivity contribution in [3.8, 4) is 0 Å². The molecule has 16 heavy (non-hydrogen) atoms. The van der Waals surface area contributed by atoms with E-state index in [1.165, 1.54) is 12.1 Å². The molecular formula is C9H4BrClN2O3. The zero-order valence-corrected chi connectivity index (χ0v) is 10.0. The number of fused-ring (bicyclic) bond motifs is 1. The van der Waals surface area contributed by atoms with Crippen molar-refractivity contribution in [2.24, 2.45) is 0 Å². The predicted molar refractivity (Wildman–Crippen MR) is 63.9 cm³/mol.